The van der Waals surface area contributed by atoms with Crippen LogP contribution in [0, 0.1) is 17.2 Å². The number of hydrogen-bond donors (Lipinski definition) is 0. The summed E-state index contributed by atoms with van der Waals surface area (Å²) >= 11 is 0. The summed E-state index contributed by atoms with van der Waals surface area (Å²) in [7, 11) is 0. The highest BCUT2D eigenvalue weighted by Crippen LogP contribution is 2.10. The van der Waals surface area contributed by atoms with Crippen molar-refractivity contribution in [2.75, 3.05) is 0 Å². The van der Waals surface area contributed by atoms with Gasteiger partial charge in [0.05, 0.1) is 6.07 Å². The van der Waals surface area contributed by atoms with Crippen molar-refractivity contribution in [1.82, 2.24) is 0 Å². The smallest absolute Gasteiger partial charge is 0.323 e. The van der Waals surface area contributed by atoms with Crippen LogP contribution in [-0.4, -0.2) is 11.6 Å². The highest BCUT2D eigenvalue weighted by Gasteiger charge is 2.20. The largest absolute Gasteiger partial charge is 0.459 e. The normalized spacial score (nSPS) is 13.4. The fraction of sp³-hybridized carbons (Fsp3) is 0.750. The Morgan fingerprint density at radius 2 is 2.00 bits per heavy atom. The van der Waals surface area contributed by atoms with E-state index in [1.165, 1.54) is 6.92 Å². The minimum atomic E-state index is -0.672. The molecule has 0 amide bonds. The number of carbonyl (C=O) groups excluding carboxylic acids is 1. The van der Waals surface area contributed by atoms with Gasteiger partial charge in [-0.25, -0.2) is 0 Å². The number of ether oxygens (including phenoxy) is 1. The van der Waals surface area contributed by atoms with Gasteiger partial charge in [-0.15, -0.1) is 0 Å². The van der Waals surface area contributed by atoms with E-state index in [9.17, 15) is 4.79 Å². The fourth-order valence-corrected chi connectivity index (χ4v) is 0.443. The summed E-state index contributed by atoms with van der Waals surface area (Å²) in [6.07, 6.45) is 0. The maximum absolute atomic E-state index is 10.9. The lowest BCUT2D eigenvalue weighted by molar-refractivity contribution is -0.157. The molecule has 3 heteroatoms. The third-order valence-electron chi connectivity index (χ3n) is 0.954. The minimum Gasteiger partial charge on any atom is -0.459 e. The molecule has 3 nitrogen and oxygen atoms in total. The second kappa shape index (κ2) is 3.38. The Hall–Kier alpha value is -1.04. The SMILES string of the molecule is C[C@@H](C#N)C(=O)OC(C)(C)C. The Balaban J connectivity index is 4.01. The monoisotopic (exact) mass is 155 g/mol. The van der Waals surface area contributed by atoms with Crippen LogP contribution in [0.3, 0.4) is 0 Å². The molecule has 11 heavy (non-hydrogen) atoms. The van der Waals surface area contributed by atoms with E-state index in [1.54, 1.807) is 20.8 Å². The van der Waals surface area contributed by atoms with Crippen molar-refractivity contribution in [1.29, 1.82) is 5.26 Å². The molecule has 0 unspecified atom stereocenters. The van der Waals surface area contributed by atoms with E-state index in [-0.39, 0.29) is 0 Å². The second-order valence-corrected chi connectivity index (χ2v) is 3.38. The summed E-state index contributed by atoms with van der Waals surface area (Å²) in [6.45, 7) is 6.84. The van der Waals surface area contributed by atoms with E-state index in [4.69, 9.17) is 10.00 Å². The van der Waals surface area contributed by atoms with Gasteiger partial charge in [0, 0.05) is 0 Å². The molecule has 0 saturated carbocycles. The molecule has 0 aliphatic rings. The van der Waals surface area contributed by atoms with Gasteiger partial charge >= 0.3 is 5.97 Å². The highest BCUT2D eigenvalue weighted by molar-refractivity contribution is 5.75. The molecule has 0 aromatic heterocycles. The van der Waals surface area contributed by atoms with Crippen molar-refractivity contribution in [2.45, 2.75) is 33.3 Å². The van der Waals surface area contributed by atoms with Crippen LogP contribution in [0.15, 0.2) is 0 Å². The van der Waals surface area contributed by atoms with Gasteiger partial charge in [0.1, 0.15) is 11.5 Å². The van der Waals surface area contributed by atoms with Crippen LogP contribution in [0.4, 0.5) is 0 Å². The lowest BCUT2D eigenvalue weighted by Gasteiger charge is -2.19. The van der Waals surface area contributed by atoms with E-state index < -0.39 is 17.5 Å². The summed E-state index contributed by atoms with van der Waals surface area (Å²) in [6, 6.07) is 1.81. The molecule has 0 aliphatic carbocycles. The Bertz CT molecular complexity index is 185. The Labute approximate surface area is 67.0 Å². The van der Waals surface area contributed by atoms with E-state index in [2.05, 4.69) is 0 Å². The molecule has 0 aromatic carbocycles. The lowest BCUT2D eigenvalue weighted by atomic mass is 10.1. The molecule has 0 heterocycles. The van der Waals surface area contributed by atoms with Crippen molar-refractivity contribution >= 4 is 5.97 Å². The van der Waals surface area contributed by atoms with Gasteiger partial charge in [0.2, 0.25) is 0 Å². The molecule has 0 bridgehead atoms. The van der Waals surface area contributed by atoms with E-state index in [1.807, 2.05) is 6.07 Å². The van der Waals surface area contributed by atoms with Gasteiger partial charge in [-0.1, -0.05) is 0 Å². The summed E-state index contributed by atoms with van der Waals surface area (Å²) in [4.78, 5) is 10.9. The Morgan fingerprint density at radius 3 is 2.27 bits per heavy atom. The number of hydrogen-bond acceptors (Lipinski definition) is 3. The standard InChI is InChI=1S/C8H13NO2/c1-6(5-9)7(10)11-8(2,3)4/h6H,1-4H3/t6-/m0/s1. The van der Waals surface area contributed by atoms with Crippen molar-refractivity contribution in [2.24, 2.45) is 5.92 Å². The van der Waals surface area contributed by atoms with Crippen LogP contribution in [0.25, 0.3) is 0 Å². The number of carbonyl (C=O) groups is 1. The molecule has 0 spiro atoms. The third-order valence-corrected chi connectivity index (χ3v) is 0.954. The van der Waals surface area contributed by atoms with E-state index in [0.29, 0.717) is 0 Å². The zero-order valence-corrected chi connectivity index (χ0v) is 7.34. The average molecular weight is 155 g/mol. The number of rotatable bonds is 1. The highest BCUT2D eigenvalue weighted by atomic mass is 16.6. The zero-order chi connectivity index (χ0) is 9.07. The van der Waals surface area contributed by atoms with Crippen molar-refractivity contribution in [3.8, 4) is 6.07 Å². The topological polar surface area (TPSA) is 50.1 Å². The first-order valence-corrected chi connectivity index (χ1v) is 3.49. The first kappa shape index (κ1) is 9.96. The summed E-state index contributed by atoms with van der Waals surface area (Å²) < 4.78 is 4.93. The number of esters is 1. The van der Waals surface area contributed by atoms with Crippen LogP contribution in [0.5, 0.6) is 0 Å². The molecular formula is C8H13NO2. The van der Waals surface area contributed by atoms with Gasteiger partial charge in [-0.3, -0.25) is 4.79 Å². The molecule has 0 fully saturated rings. The molecule has 0 N–H and O–H groups in total. The molecule has 0 radical (unpaired) electrons. The fourth-order valence-electron chi connectivity index (χ4n) is 0.443. The lowest BCUT2D eigenvalue weighted by Crippen LogP contribution is -2.27. The van der Waals surface area contributed by atoms with E-state index in [0.717, 1.165) is 0 Å². The zero-order valence-electron chi connectivity index (χ0n) is 7.34. The maximum Gasteiger partial charge on any atom is 0.323 e. The summed E-state index contributed by atoms with van der Waals surface area (Å²) in [5.41, 5.74) is -0.498. The molecule has 0 aromatic rings. The van der Waals surface area contributed by atoms with Gasteiger partial charge in [-0.05, 0) is 27.7 Å². The summed E-state index contributed by atoms with van der Waals surface area (Å²) in [5.74, 6) is -1.13. The van der Waals surface area contributed by atoms with Gasteiger partial charge < -0.3 is 4.74 Å². The predicted molar refractivity (Wildman–Crippen MR) is 40.6 cm³/mol. The first-order chi connectivity index (χ1) is 4.87. The molecule has 1 atom stereocenters. The Morgan fingerprint density at radius 1 is 1.55 bits per heavy atom. The van der Waals surface area contributed by atoms with Crippen LogP contribution in [-0.2, 0) is 9.53 Å². The second-order valence-electron chi connectivity index (χ2n) is 3.38. The Kier molecular flexibility index (Phi) is 3.06. The molecule has 62 valence electrons. The van der Waals surface area contributed by atoms with Crippen LogP contribution < -0.4 is 0 Å². The molecular weight excluding hydrogens is 142 g/mol. The number of nitrogens with zero attached hydrogens (tertiary/aromatic N) is 1. The first-order valence-electron chi connectivity index (χ1n) is 3.49. The van der Waals surface area contributed by atoms with Gasteiger partial charge in [0.25, 0.3) is 0 Å². The minimum absolute atomic E-state index is 0.458. The van der Waals surface area contributed by atoms with Crippen LogP contribution in [0.1, 0.15) is 27.7 Å². The van der Waals surface area contributed by atoms with Crippen molar-refractivity contribution in [3.63, 3.8) is 0 Å². The van der Waals surface area contributed by atoms with Gasteiger partial charge in [0.15, 0.2) is 0 Å². The molecule has 0 rings (SSSR count). The predicted octanol–water partition coefficient (Wildman–Crippen LogP) is 1.49. The maximum atomic E-state index is 10.9. The van der Waals surface area contributed by atoms with E-state index >= 15 is 0 Å². The summed E-state index contributed by atoms with van der Waals surface area (Å²) in [5, 5.41) is 8.35. The van der Waals surface area contributed by atoms with Crippen molar-refractivity contribution in [3.05, 3.63) is 0 Å². The quantitative estimate of drug-likeness (QED) is 0.539. The van der Waals surface area contributed by atoms with Gasteiger partial charge in [-0.2, -0.15) is 5.26 Å². The van der Waals surface area contributed by atoms with Crippen LogP contribution in [0.2, 0.25) is 0 Å². The number of nitriles is 1. The third kappa shape index (κ3) is 4.38. The van der Waals surface area contributed by atoms with Crippen molar-refractivity contribution < 1.29 is 9.53 Å². The van der Waals surface area contributed by atoms with Crippen LogP contribution >= 0.6 is 0 Å². The molecule has 0 saturated heterocycles. The molecule has 0 aliphatic heterocycles. The average Bonchev–Trinajstić information content (AvgIpc) is 1.82.